The predicted octanol–water partition coefficient (Wildman–Crippen LogP) is 2.42. The van der Waals surface area contributed by atoms with Crippen LogP contribution in [0.25, 0.3) is 17.1 Å². The SMILES string of the molecule is CCn1c(=O)c2c(nc(-n3nc(C)cc3C)n2Cc2cccc(Cl)c2)n(C)c1=O. The minimum atomic E-state index is -0.391. The summed E-state index contributed by atoms with van der Waals surface area (Å²) >= 11 is 6.16. The summed E-state index contributed by atoms with van der Waals surface area (Å²) < 4.78 is 6.11. The van der Waals surface area contributed by atoms with E-state index in [4.69, 9.17) is 11.6 Å². The van der Waals surface area contributed by atoms with Crippen molar-refractivity contribution in [2.24, 2.45) is 7.05 Å². The monoisotopic (exact) mass is 412 g/mol. The maximum atomic E-state index is 13.2. The van der Waals surface area contributed by atoms with Crippen molar-refractivity contribution in [3.63, 3.8) is 0 Å². The van der Waals surface area contributed by atoms with Crippen molar-refractivity contribution in [2.75, 3.05) is 0 Å². The van der Waals surface area contributed by atoms with Crippen LogP contribution < -0.4 is 11.2 Å². The molecule has 0 aliphatic rings. The molecule has 1 aromatic carbocycles. The van der Waals surface area contributed by atoms with E-state index in [1.165, 1.54) is 9.13 Å². The van der Waals surface area contributed by atoms with Gasteiger partial charge in [-0.25, -0.2) is 9.48 Å². The van der Waals surface area contributed by atoms with Crippen LogP contribution in [-0.4, -0.2) is 28.5 Å². The van der Waals surface area contributed by atoms with E-state index in [1.807, 2.05) is 38.1 Å². The van der Waals surface area contributed by atoms with Crippen molar-refractivity contribution in [3.05, 3.63) is 73.1 Å². The number of aromatic nitrogens is 6. The molecule has 0 bridgehead atoms. The van der Waals surface area contributed by atoms with E-state index in [9.17, 15) is 9.59 Å². The molecule has 0 saturated heterocycles. The van der Waals surface area contributed by atoms with E-state index >= 15 is 0 Å². The Labute approximate surface area is 171 Å². The van der Waals surface area contributed by atoms with Gasteiger partial charge in [0.25, 0.3) is 5.56 Å². The molecule has 3 heterocycles. The number of halogens is 1. The van der Waals surface area contributed by atoms with Gasteiger partial charge in [-0.3, -0.25) is 18.5 Å². The Balaban J connectivity index is 2.10. The highest BCUT2D eigenvalue weighted by molar-refractivity contribution is 6.30. The molecule has 0 fully saturated rings. The van der Waals surface area contributed by atoms with E-state index < -0.39 is 5.69 Å². The number of imidazole rings is 1. The van der Waals surface area contributed by atoms with Gasteiger partial charge in [-0.05, 0) is 44.5 Å². The van der Waals surface area contributed by atoms with Gasteiger partial charge in [0.15, 0.2) is 11.2 Å². The lowest BCUT2D eigenvalue weighted by molar-refractivity contribution is 0.633. The zero-order chi connectivity index (χ0) is 20.9. The first-order chi connectivity index (χ1) is 13.8. The topological polar surface area (TPSA) is 79.6 Å². The number of aryl methyl sites for hydroxylation is 3. The summed E-state index contributed by atoms with van der Waals surface area (Å²) in [4.78, 5) is 30.4. The van der Waals surface area contributed by atoms with Crippen molar-refractivity contribution >= 4 is 22.8 Å². The Morgan fingerprint density at radius 1 is 1.10 bits per heavy atom. The lowest BCUT2D eigenvalue weighted by atomic mass is 10.2. The average Bonchev–Trinajstić information content (AvgIpc) is 3.20. The molecule has 4 aromatic rings. The number of rotatable bonds is 4. The first-order valence-electron chi connectivity index (χ1n) is 9.30. The van der Waals surface area contributed by atoms with E-state index in [0.29, 0.717) is 28.7 Å². The molecule has 0 N–H and O–H groups in total. The van der Waals surface area contributed by atoms with Crippen molar-refractivity contribution in [1.82, 2.24) is 28.5 Å². The first kappa shape index (κ1) is 19.2. The molecule has 8 nitrogen and oxygen atoms in total. The van der Waals surface area contributed by atoms with Crippen LogP contribution in [0.3, 0.4) is 0 Å². The molecule has 0 unspecified atom stereocenters. The van der Waals surface area contributed by atoms with Gasteiger partial charge < -0.3 is 0 Å². The van der Waals surface area contributed by atoms with Crippen molar-refractivity contribution in [3.8, 4) is 5.95 Å². The number of nitrogens with zero attached hydrogens (tertiary/aromatic N) is 6. The van der Waals surface area contributed by atoms with Crippen LogP contribution >= 0.6 is 11.6 Å². The lowest BCUT2D eigenvalue weighted by Crippen LogP contribution is -2.39. The van der Waals surface area contributed by atoms with Crippen molar-refractivity contribution in [2.45, 2.75) is 33.9 Å². The van der Waals surface area contributed by atoms with Gasteiger partial charge >= 0.3 is 5.69 Å². The molecule has 0 atom stereocenters. The minimum absolute atomic E-state index is 0.277. The highest BCUT2D eigenvalue weighted by Gasteiger charge is 2.22. The smallest absolute Gasteiger partial charge is 0.298 e. The predicted molar refractivity (Wildman–Crippen MR) is 112 cm³/mol. The second-order valence-corrected chi connectivity index (χ2v) is 7.47. The van der Waals surface area contributed by atoms with Crippen LogP contribution in [0.5, 0.6) is 0 Å². The third-order valence-corrected chi connectivity index (χ3v) is 5.19. The highest BCUT2D eigenvalue weighted by atomic mass is 35.5. The minimum Gasteiger partial charge on any atom is -0.298 e. The molecular formula is C20H21ClN6O2. The fraction of sp³-hybridized carbons (Fsp3) is 0.300. The molecule has 0 amide bonds. The normalized spacial score (nSPS) is 11.5. The first-order valence-corrected chi connectivity index (χ1v) is 9.67. The maximum absolute atomic E-state index is 13.2. The summed E-state index contributed by atoms with van der Waals surface area (Å²) in [7, 11) is 1.62. The lowest BCUT2D eigenvalue weighted by Gasteiger charge is -2.11. The summed E-state index contributed by atoms with van der Waals surface area (Å²) in [5.74, 6) is 0.478. The fourth-order valence-electron chi connectivity index (χ4n) is 3.60. The summed E-state index contributed by atoms with van der Waals surface area (Å²) in [5, 5.41) is 5.14. The number of benzene rings is 1. The Kier molecular flexibility index (Phi) is 4.66. The molecule has 4 rings (SSSR count). The third-order valence-electron chi connectivity index (χ3n) is 4.96. The molecule has 29 heavy (non-hydrogen) atoms. The maximum Gasteiger partial charge on any atom is 0.332 e. The van der Waals surface area contributed by atoms with Crippen LogP contribution in [0.15, 0.2) is 39.9 Å². The van der Waals surface area contributed by atoms with Crippen LogP contribution in [0.4, 0.5) is 0 Å². The van der Waals surface area contributed by atoms with Crippen molar-refractivity contribution in [1.29, 1.82) is 0 Å². The Morgan fingerprint density at radius 3 is 2.48 bits per heavy atom. The standard InChI is InChI=1S/C20H21ClN6O2/c1-5-25-18(28)16-17(24(4)20(25)29)22-19(27-13(3)9-12(2)23-27)26(16)11-14-7-6-8-15(21)10-14/h6-10H,5,11H2,1-4H3. The summed E-state index contributed by atoms with van der Waals surface area (Å²) in [6.07, 6.45) is 0. The van der Waals surface area contributed by atoms with E-state index in [2.05, 4.69) is 10.1 Å². The molecule has 150 valence electrons. The summed E-state index contributed by atoms with van der Waals surface area (Å²) in [5.41, 5.74) is 2.56. The molecule has 0 saturated carbocycles. The molecule has 9 heteroatoms. The van der Waals surface area contributed by atoms with Gasteiger partial charge in [0.2, 0.25) is 5.95 Å². The van der Waals surface area contributed by atoms with Gasteiger partial charge in [0.1, 0.15) is 0 Å². The summed E-state index contributed by atoms with van der Waals surface area (Å²) in [6.45, 7) is 6.23. The number of fused-ring (bicyclic) bond motifs is 1. The van der Waals surface area contributed by atoms with Crippen molar-refractivity contribution < 1.29 is 0 Å². The second-order valence-electron chi connectivity index (χ2n) is 7.03. The Morgan fingerprint density at radius 2 is 1.86 bits per heavy atom. The third kappa shape index (κ3) is 3.09. The molecule has 3 aromatic heterocycles. The van der Waals surface area contributed by atoms with Crippen LogP contribution in [-0.2, 0) is 20.1 Å². The molecule has 0 aliphatic heterocycles. The molecule has 0 radical (unpaired) electrons. The zero-order valence-corrected chi connectivity index (χ0v) is 17.4. The second kappa shape index (κ2) is 7.04. The molecule has 0 aliphatic carbocycles. The number of hydrogen-bond donors (Lipinski definition) is 0. The van der Waals surface area contributed by atoms with Gasteiger partial charge in [-0.2, -0.15) is 10.1 Å². The van der Waals surface area contributed by atoms with E-state index in [1.54, 1.807) is 29.3 Å². The van der Waals surface area contributed by atoms with Crippen LogP contribution in [0, 0.1) is 13.8 Å². The van der Waals surface area contributed by atoms with Crippen LogP contribution in [0.1, 0.15) is 23.9 Å². The summed E-state index contributed by atoms with van der Waals surface area (Å²) in [6, 6.07) is 9.38. The van der Waals surface area contributed by atoms with E-state index in [0.717, 1.165) is 17.0 Å². The van der Waals surface area contributed by atoms with E-state index in [-0.39, 0.29) is 12.1 Å². The molecular weight excluding hydrogens is 392 g/mol. The molecule has 0 spiro atoms. The average molecular weight is 413 g/mol. The number of hydrogen-bond acceptors (Lipinski definition) is 4. The van der Waals surface area contributed by atoms with Gasteiger partial charge in [0.05, 0.1) is 12.2 Å². The van der Waals surface area contributed by atoms with Gasteiger partial charge in [0, 0.05) is 24.3 Å². The quantitative estimate of drug-likeness (QED) is 0.515. The van der Waals surface area contributed by atoms with Gasteiger partial charge in [-0.1, -0.05) is 23.7 Å². The van der Waals surface area contributed by atoms with Crippen LogP contribution in [0.2, 0.25) is 5.02 Å². The largest absolute Gasteiger partial charge is 0.332 e. The highest BCUT2D eigenvalue weighted by Crippen LogP contribution is 2.20. The Hall–Kier alpha value is -3.13. The zero-order valence-electron chi connectivity index (χ0n) is 16.7. The Bertz CT molecular complexity index is 1360. The van der Waals surface area contributed by atoms with Gasteiger partial charge in [-0.15, -0.1) is 0 Å². The fourth-order valence-corrected chi connectivity index (χ4v) is 3.81.